The summed E-state index contributed by atoms with van der Waals surface area (Å²) in [7, 11) is 0. The largest absolute Gasteiger partial charge is 0.491 e. The molecule has 4 heterocycles. The number of rotatable bonds is 4. The first-order chi connectivity index (χ1) is 16.1. The predicted octanol–water partition coefficient (Wildman–Crippen LogP) is 3.85. The second-order valence-electron chi connectivity index (χ2n) is 8.21. The Labute approximate surface area is 188 Å². The molecule has 0 saturated carbocycles. The maximum Gasteiger partial charge on any atom is 0.228 e. The lowest BCUT2D eigenvalue weighted by Gasteiger charge is -2.23. The Bertz CT molecular complexity index is 1340. The first-order valence-corrected chi connectivity index (χ1v) is 10.9. The smallest absolute Gasteiger partial charge is 0.228 e. The van der Waals surface area contributed by atoms with Crippen molar-refractivity contribution in [2.24, 2.45) is 0 Å². The lowest BCUT2D eigenvalue weighted by atomic mass is 10.1. The van der Waals surface area contributed by atoms with Crippen LogP contribution in [0.4, 0.5) is 16.3 Å². The van der Waals surface area contributed by atoms with E-state index in [2.05, 4.69) is 25.4 Å². The van der Waals surface area contributed by atoms with E-state index in [1.54, 1.807) is 6.07 Å². The monoisotopic (exact) mass is 447 g/mol. The van der Waals surface area contributed by atoms with Crippen LogP contribution in [0.15, 0.2) is 42.6 Å². The molecule has 2 aliphatic heterocycles. The summed E-state index contributed by atoms with van der Waals surface area (Å²) < 4.78 is 26.9. The van der Waals surface area contributed by atoms with Gasteiger partial charge in [-0.3, -0.25) is 0 Å². The van der Waals surface area contributed by atoms with E-state index < -0.39 is 0 Å². The first kappa shape index (κ1) is 19.9. The fourth-order valence-electron chi connectivity index (χ4n) is 4.37. The molecule has 3 N–H and O–H groups in total. The molecule has 10 heteroatoms. The van der Waals surface area contributed by atoms with Crippen molar-refractivity contribution >= 4 is 22.8 Å². The number of fused-ring (bicyclic) bond motifs is 2. The third-order valence-corrected chi connectivity index (χ3v) is 6.00. The number of nitrogens with one attached hydrogen (secondary N) is 1. The Morgan fingerprint density at radius 2 is 2.03 bits per heavy atom. The number of aromatic nitrogens is 5. The van der Waals surface area contributed by atoms with E-state index in [0.717, 1.165) is 47.9 Å². The molecule has 1 saturated heterocycles. The van der Waals surface area contributed by atoms with E-state index in [0.29, 0.717) is 24.1 Å². The van der Waals surface area contributed by atoms with Crippen LogP contribution in [0.5, 0.6) is 5.75 Å². The molecule has 0 aliphatic carbocycles. The Morgan fingerprint density at radius 1 is 1.09 bits per heavy atom. The Kier molecular flexibility index (Phi) is 4.79. The zero-order valence-corrected chi connectivity index (χ0v) is 17.7. The number of nitrogen functional groups attached to an aromatic ring is 1. The van der Waals surface area contributed by atoms with Gasteiger partial charge in [-0.25, -0.2) is 9.07 Å². The van der Waals surface area contributed by atoms with E-state index in [4.69, 9.17) is 15.2 Å². The van der Waals surface area contributed by atoms with Gasteiger partial charge in [0.15, 0.2) is 12.1 Å². The fraction of sp³-hybridized carbons (Fsp3) is 0.304. The average molecular weight is 447 g/mol. The minimum atomic E-state index is -0.339. The Morgan fingerprint density at radius 3 is 2.91 bits per heavy atom. The molecule has 4 aromatic rings. The lowest BCUT2D eigenvalue weighted by Crippen LogP contribution is -2.19. The zero-order chi connectivity index (χ0) is 22.4. The summed E-state index contributed by atoms with van der Waals surface area (Å²) in [5.74, 6) is 1.05. The molecule has 1 fully saturated rings. The molecule has 0 bridgehead atoms. The highest BCUT2D eigenvalue weighted by atomic mass is 19.1. The van der Waals surface area contributed by atoms with E-state index in [1.807, 2.05) is 29.1 Å². The molecule has 0 radical (unpaired) electrons. The molecule has 2 aromatic heterocycles. The predicted molar refractivity (Wildman–Crippen MR) is 120 cm³/mol. The summed E-state index contributed by atoms with van der Waals surface area (Å²) in [5.41, 5.74) is 8.59. The summed E-state index contributed by atoms with van der Waals surface area (Å²) >= 11 is 0. The van der Waals surface area contributed by atoms with Gasteiger partial charge < -0.3 is 20.5 Å². The van der Waals surface area contributed by atoms with E-state index in [1.165, 1.54) is 12.1 Å². The number of halogens is 1. The lowest BCUT2D eigenvalue weighted by molar-refractivity contribution is -0.0366. The second-order valence-corrected chi connectivity index (χ2v) is 8.21. The standard InChI is InChI=1S/C23H22FN7O2/c24-15-6-7-16-17(12-33-19(16)10-15)27-23-29-21(28-22(25)30-23)13-4-5-14-11-26-31(18(14)9-13)20-3-1-2-8-32-20/h4-7,9-11,17,20H,1-3,8,12H2,(H3,25,27,28,29,30). The van der Waals surface area contributed by atoms with Crippen molar-refractivity contribution in [3.63, 3.8) is 0 Å². The molecule has 9 nitrogen and oxygen atoms in total. The number of benzene rings is 2. The van der Waals surface area contributed by atoms with Gasteiger partial charge in [0.05, 0.1) is 17.8 Å². The van der Waals surface area contributed by atoms with Gasteiger partial charge in [-0.05, 0) is 31.4 Å². The molecule has 6 rings (SSSR count). The minimum Gasteiger partial charge on any atom is -0.491 e. The molecule has 2 atom stereocenters. The maximum absolute atomic E-state index is 13.5. The Balaban J connectivity index is 1.32. The van der Waals surface area contributed by atoms with Crippen LogP contribution in [0, 0.1) is 5.82 Å². The van der Waals surface area contributed by atoms with Gasteiger partial charge in [-0.1, -0.05) is 18.2 Å². The van der Waals surface area contributed by atoms with Gasteiger partial charge in [-0.2, -0.15) is 20.1 Å². The van der Waals surface area contributed by atoms with Crippen LogP contribution >= 0.6 is 0 Å². The Hall–Kier alpha value is -3.79. The third kappa shape index (κ3) is 3.72. The molecule has 0 amide bonds. The number of hydrogen-bond acceptors (Lipinski definition) is 8. The summed E-state index contributed by atoms with van der Waals surface area (Å²) in [6.07, 6.45) is 4.89. The van der Waals surface area contributed by atoms with Crippen LogP contribution in [-0.2, 0) is 4.74 Å². The minimum absolute atomic E-state index is 0.0700. The molecular formula is C23H22FN7O2. The van der Waals surface area contributed by atoms with Crippen molar-refractivity contribution in [1.29, 1.82) is 0 Å². The van der Waals surface area contributed by atoms with Crippen molar-refractivity contribution < 1.29 is 13.9 Å². The molecule has 168 valence electrons. The topological polar surface area (TPSA) is 113 Å². The third-order valence-electron chi connectivity index (χ3n) is 6.00. The van der Waals surface area contributed by atoms with Crippen LogP contribution in [0.25, 0.3) is 22.3 Å². The molecular weight excluding hydrogens is 425 g/mol. The summed E-state index contributed by atoms with van der Waals surface area (Å²) in [6, 6.07) is 10.2. The normalized spacial score (nSPS) is 19.9. The first-order valence-electron chi connectivity index (χ1n) is 10.9. The molecule has 33 heavy (non-hydrogen) atoms. The van der Waals surface area contributed by atoms with E-state index in [9.17, 15) is 4.39 Å². The van der Waals surface area contributed by atoms with Crippen LogP contribution in [0.1, 0.15) is 37.1 Å². The van der Waals surface area contributed by atoms with Gasteiger partial charge in [0.1, 0.15) is 18.2 Å². The van der Waals surface area contributed by atoms with Crippen LogP contribution in [0.2, 0.25) is 0 Å². The highest BCUT2D eigenvalue weighted by molar-refractivity contribution is 5.83. The van der Waals surface area contributed by atoms with Crippen LogP contribution < -0.4 is 15.8 Å². The van der Waals surface area contributed by atoms with Gasteiger partial charge in [0.2, 0.25) is 11.9 Å². The molecule has 2 unspecified atom stereocenters. The van der Waals surface area contributed by atoms with Gasteiger partial charge >= 0.3 is 0 Å². The van der Waals surface area contributed by atoms with Crippen molar-refractivity contribution in [1.82, 2.24) is 24.7 Å². The number of anilines is 2. The SMILES string of the molecule is Nc1nc(NC2COc3cc(F)ccc32)nc(-c2ccc3cnn(C4CCCCO4)c3c2)n1. The van der Waals surface area contributed by atoms with Crippen LogP contribution in [-0.4, -0.2) is 37.9 Å². The molecule has 0 spiro atoms. The second kappa shape index (κ2) is 7.96. The van der Waals surface area contributed by atoms with Crippen molar-refractivity contribution in [2.75, 3.05) is 24.3 Å². The van der Waals surface area contributed by atoms with Crippen molar-refractivity contribution in [2.45, 2.75) is 31.5 Å². The quantitative estimate of drug-likeness (QED) is 0.485. The number of ether oxygens (including phenoxy) is 2. The van der Waals surface area contributed by atoms with Gasteiger partial charge in [0.25, 0.3) is 0 Å². The highest BCUT2D eigenvalue weighted by Crippen LogP contribution is 2.35. The fourth-order valence-corrected chi connectivity index (χ4v) is 4.37. The number of nitrogens with two attached hydrogens (primary N) is 1. The molecule has 2 aliphatic rings. The summed E-state index contributed by atoms with van der Waals surface area (Å²) in [4.78, 5) is 13.2. The zero-order valence-electron chi connectivity index (χ0n) is 17.7. The van der Waals surface area contributed by atoms with Crippen molar-refractivity contribution in [3.8, 4) is 17.1 Å². The average Bonchev–Trinajstić information content (AvgIpc) is 3.42. The van der Waals surface area contributed by atoms with E-state index in [-0.39, 0.29) is 24.0 Å². The van der Waals surface area contributed by atoms with Crippen molar-refractivity contribution in [3.05, 3.63) is 54.0 Å². The molecule has 2 aromatic carbocycles. The summed E-state index contributed by atoms with van der Waals surface area (Å²) in [5, 5.41) is 8.80. The number of hydrogen-bond donors (Lipinski definition) is 2. The van der Waals surface area contributed by atoms with Gasteiger partial charge in [-0.15, -0.1) is 0 Å². The highest BCUT2D eigenvalue weighted by Gasteiger charge is 2.26. The summed E-state index contributed by atoms with van der Waals surface area (Å²) in [6.45, 7) is 1.08. The van der Waals surface area contributed by atoms with E-state index >= 15 is 0 Å². The van der Waals surface area contributed by atoms with Crippen LogP contribution in [0.3, 0.4) is 0 Å². The number of nitrogens with zero attached hydrogens (tertiary/aromatic N) is 5. The maximum atomic E-state index is 13.5. The van der Waals surface area contributed by atoms with Gasteiger partial charge in [0, 0.05) is 29.2 Å².